The largest absolute Gasteiger partial charge is 0.493 e. The Labute approximate surface area is 164 Å². The van der Waals surface area contributed by atoms with Gasteiger partial charge in [0.15, 0.2) is 11.5 Å². The summed E-state index contributed by atoms with van der Waals surface area (Å²) in [5.41, 5.74) is 1.58. The normalized spacial score (nSPS) is 13.2. The van der Waals surface area contributed by atoms with Crippen molar-refractivity contribution in [3.63, 3.8) is 0 Å². The summed E-state index contributed by atoms with van der Waals surface area (Å²) < 4.78 is 15.8. The van der Waals surface area contributed by atoms with Crippen molar-refractivity contribution in [3.8, 4) is 17.2 Å². The summed E-state index contributed by atoms with van der Waals surface area (Å²) in [6, 6.07) is 10.1. The SMILES string of the molecule is COc1cc(C(=O)Nc2ccc(C(=O)N3CCCC3)cc2)cc(OC)c1OC. The molecule has 7 heteroatoms. The van der Waals surface area contributed by atoms with Crippen LogP contribution in [0, 0.1) is 0 Å². The maximum Gasteiger partial charge on any atom is 0.255 e. The van der Waals surface area contributed by atoms with E-state index in [2.05, 4.69) is 5.32 Å². The Morgan fingerprint density at radius 1 is 0.857 bits per heavy atom. The first-order chi connectivity index (χ1) is 13.6. The average Bonchev–Trinajstić information content (AvgIpc) is 3.27. The number of nitrogens with one attached hydrogen (secondary N) is 1. The second kappa shape index (κ2) is 8.65. The molecule has 0 spiro atoms. The summed E-state index contributed by atoms with van der Waals surface area (Å²) in [6.45, 7) is 1.61. The summed E-state index contributed by atoms with van der Waals surface area (Å²) in [5, 5.41) is 2.82. The van der Waals surface area contributed by atoms with Crippen LogP contribution in [0.1, 0.15) is 33.6 Å². The first kappa shape index (κ1) is 19.5. The third-order valence-corrected chi connectivity index (χ3v) is 4.71. The molecule has 2 amide bonds. The molecule has 0 bridgehead atoms. The molecule has 3 rings (SSSR count). The van der Waals surface area contributed by atoms with E-state index < -0.39 is 0 Å². The van der Waals surface area contributed by atoms with E-state index in [1.807, 2.05) is 4.90 Å². The number of hydrogen-bond donors (Lipinski definition) is 1. The van der Waals surface area contributed by atoms with E-state index in [1.165, 1.54) is 21.3 Å². The van der Waals surface area contributed by atoms with Crippen molar-refractivity contribution in [1.82, 2.24) is 4.90 Å². The quantitative estimate of drug-likeness (QED) is 0.828. The molecule has 2 aromatic carbocycles. The topological polar surface area (TPSA) is 77.1 Å². The van der Waals surface area contributed by atoms with Crippen LogP contribution in [0.15, 0.2) is 36.4 Å². The van der Waals surface area contributed by atoms with E-state index in [-0.39, 0.29) is 11.8 Å². The summed E-state index contributed by atoms with van der Waals surface area (Å²) in [7, 11) is 4.50. The molecule has 1 aliphatic rings. The molecule has 1 heterocycles. The minimum atomic E-state index is -0.321. The summed E-state index contributed by atoms with van der Waals surface area (Å²) >= 11 is 0. The van der Waals surface area contributed by atoms with Crippen molar-refractivity contribution in [1.29, 1.82) is 0 Å². The van der Waals surface area contributed by atoms with Crippen LogP contribution in [-0.4, -0.2) is 51.1 Å². The number of likely N-dealkylation sites (tertiary alicyclic amines) is 1. The number of ether oxygens (including phenoxy) is 3. The van der Waals surface area contributed by atoms with Gasteiger partial charge in [0.05, 0.1) is 21.3 Å². The van der Waals surface area contributed by atoms with Crippen LogP contribution >= 0.6 is 0 Å². The zero-order valence-electron chi connectivity index (χ0n) is 16.3. The lowest BCUT2D eigenvalue weighted by atomic mass is 10.1. The number of amides is 2. The summed E-state index contributed by atoms with van der Waals surface area (Å²) in [5.74, 6) is 0.932. The maximum atomic E-state index is 12.6. The number of carbonyl (C=O) groups is 2. The standard InChI is InChI=1S/C21H24N2O5/c1-26-17-12-15(13-18(27-2)19(17)28-3)20(24)22-16-8-6-14(7-9-16)21(25)23-10-4-5-11-23/h6-9,12-13H,4-5,10-11H2,1-3H3,(H,22,24). The molecule has 7 nitrogen and oxygen atoms in total. The van der Waals surface area contributed by atoms with Gasteiger partial charge in [0.1, 0.15) is 0 Å². The molecule has 0 radical (unpaired) electrons. The fraction of sp³-hybridized carbons (Fsp3) is 0.333. The number of methoxy groups -OCH3 is 3. The first-order valence-electron chi connectivity index (χ1n) is 9.08. The number of rotatable bonds is 6. The van der Waals surface area contributed by atoms with Gasteiger partial charge in [0.2, 0.25) is 5.75 Å². The number of hydrogen-bond acceptors (Lipinski definition) is 5. The van der Waals surface area contributed by atoms with Gasteiger partial charge in [-0.1, -0.05) is 0 Å². The maximum absolute atomic E-state index is 12.6. The van der Waals surface area contributed by atoms with Crippen LogP contribution in [0.25, 0.3) is 0 Å². The van der Waals surface area contributed by atoms with Gasteiger partial charge in [-0.2, -0.15) is 0 Å². The van der Waals surface area contributed by atoms with E-state index >= 15 is 0 Å². The van der Waals surface area contributed by atoms with Gasteiger partial charge in [-0.05, 0) is 49.2 Å². The Hall–Kier alpha value is -3.22. The molecule has 28 heavy (non-hydrogen) atoms. The van der Waals surface area contributed by atoms with Crippen molar-refractivity contribution < 1.29 is 23.8 Å². The second-order valence-corrected chi connectivity index (χ2v) is 6.44. The molecule has 2 aromatic rings. The van der Waals surface area contributed by atoms with Gasteiger partial charge in [0, 0.05) is 29.9 Å². The van der Waals surface area contributed by atoms with Crippen LogP contribution in [0.3, 0.4) is 0 Å². The monoisotopic (exact) mass is 384 g/mol. The highest BCUT2D eigenvalue weighted by molar-refractivity contribution is 6.05. The van der Waals surface area contributed by atoms with E-state index in [9.17, 15) is 9.59 Å². The Bertz CT molecular complexity index is 833. The highest BCUT2D eigenvalue weighted by atomic mass is 16.5. The molecular formula is C21H24N2O5. The molecule has 0 saturated carbocycles. The number of nitrogens with zero attached hydrogens (tertiary/aromatic N) is 1. The lowest BCUT2D eigenvalue weighted by Crippen LogP contribution is -2.27. The van der Waals surface area contributed by atoms with Crippen LogP contribution < -0.4 is 19.5 Å². The molecule has 1 fully saturated rings. The van der Waals surface area contributed by atoms with Crippen molar-refractivity contribution >= 4 is 17.5 Å². The Kier molecular flexibility index (Phi) is 6.03. The van der Waals surface area contributed by atoms with Crippen molar-refractivity contribution in [2.45, 2.75) is 12.8 Å². The molecule has 0 aromatic heterocycles. The predicted molar refractivity (Wildman–Crippen MR) is 106 cm³/mol. The Morgan fingerprint density at radius 3 is 1.93 bits per heavy atom. The zero-order chi connectivity index (χ0) is 20.1. The van der Waals surface area contributed by atoms with E-state index in [0.717, 1.165) is 25.9 Å². The fourth-order valence-corrected chi connectivity index (χ4v) is 3.21. The van der Waals surface area contributed by atoms with E-state index in [4.69, 9.17) is 14.2 Å². The third kappa shape index (κ3) is 4.03. The number of anilines is 1. The van der Waals surface area contributed by atoms with Crippen LogP contribution in [0.2, 0.25) is 0 Å². The lowest BCUT2D eigenvalue weighted by Gasteiger charge is -2.16. The van der Waals surface area contributed by atoms with Crippen LogP contribution in [0.5, 0.6) is 17.2 Å². The van der Waals surface area contributed by atoms with Gasteiger partial charge < -0.3 is 24.4 Å². The van der Waals surface area contributed by atoms with Gasteiger partial charge >= 0.3 is 0 Å². The highest BCUT2D eigenvalue weighted by Gasteiger charge is 2.20. The van der Waals surface area contributed by atoms with Crippen molar-refractivity contribution in [2.24, 2.45) is 0 Å². The molecule has 0 unspecified atom stereocenters. The molecule has 1 aliphatic heterocycles. The summed E-state index contributed by atoms with van der Waals surface area (Å²) in [4.78, 5) is 26.9. The van der Waals surface area contributed by atoms with Gasteiger partial charge in [-0.3, -0.25) is 9.59 Å². The number of benzene rings is 2. The average molecular weight is 384 g/mol. The van der Waals surface area contributed by atoms with Crippen LogP contribution in [0.4, 0.5) is 5.69 Å². The van der Waals surface area contributed by atoms with Crippen molar-refractivity contribution in [3.05, 3.63) is 47.5 Å². The van der Waals surface area contributed by atoms with Gasteiger partial charge in [0.25, 0.3) is 11.8 Å². The zero-order valence-corrected chi connectivity index (χ0v) is 16.3. The highest BCUT2D eigenvalue weighted by Crippen LogP contribution is 2.38. The lowest BCUT2D eigenvalue weighted by molar-refractivity contribution is 0.0792. The Balaban J connectivity index is 1.75. The molecule has 0 aliphatic carbocycles. The van der Waals surface area contributed by atoms with E-state index in [1.54, 1.807) is 36.4 Å². The predicted octanol–water partition coefficient (Wildman–Crippen LogP) is 3.20. The Morgan fingerprint density at radius 2 is 1.43 bits per heavy atom. The molecule has 148 valence electrons. The van der Waals surface area contributed by atoms with E-state index in [0.29, 0.717) is 34.1 Å². The minimum Gasteiger partial charge on any atom is -0.493 e. The minimum absolute atomic E-state index is 0.0278. The second-order valence-electron chi connectivity index (χ2n) is 6.44. The number of carbonyl (C=O) groups excluding carboxylic acids is 2. The molecule has 1 N–H and O–H groups in total. The fourth-order valence-electron chi connectivity index (χ4n) is 3.21. The van der Waals surface area contributed by atoms with Gasteiger partial charge in [-0.25, -0.2) is 0 Å². The van der Waals surface area contributed by atoms with Gasteiger partial charge in [-0.15, -0.1) is 0 Å². The van der Waals surface area contributed by atoms with Crippen molar-refractivity contribution in [2.75, 3.05) is 39.7 Å². The molecular weight excluding hydrogens is 360 g/mol. The van der Waals surface area contributed by atoms with Crippen LogP contribution in [-0.2, 0) is 0 Å². The summed E-state index contributed by atoms with van der Waals surface area (Å²) in [6.07, 6.45) is 2.10. The first-order valence-corrected chi connectivity index (χ1v) is 9.08. The molecule has 0 atom stereocenters. The third-order valence-electron chi connectivity index (χ3n) is 4.71. The molecule has 1 saturated heterocycles. The smallest absolute Gasteiger partial charge is 0.255 e.